The van der Waals surface area contributed by atoms with Crippen molar-refractivity contribution < 1.29 is 18.0 Å². The van der Waals surface area contributed by atoms with Crippen molar-refractivity contribution >= 4 is 33.2 Å². The van der Waals surface area contributed by atoms with E-state index in [4.69, 9.17) is 0 Å². The molecule has 0 heterocycles. The molecule has 0 spiro atoms. The monoisotopic (exact) mass is 375 g/mol. The lowest BCUT2D eigenvalue weighted by Crippen LogP contribution is -2.34. The van der Waals surface area contributed by atoms with E-state index >= 15 is 0 Å². The van der Waals surface area contributed by atoms with Crippen LogP contribution in [0.15, 0.2) is 48.5 Å². The number of benzene rings is 2. The fourth-order valence-corrected chi connectivity index (χ4v) is 2.92. The molecule has 0 aliphatic rings. The lowest BCUT2D eigenvalue weighted by atomic mass is 10.2. The maximum absolute atomic E-state index is 12.3. The molecule has 138 valence electrons. The number of rotatable bonds is 6. The summed E-state index contributed by atoms with van der Waals surface area (Å²) in [6.07, 6.45) is 1.06. The number of nitrogens with one attached hydrogen (secondary N) is 2. The Balaban J connectivity index is 2.03. The Labute approximate surface area is 153 Å². The summed E-state index contributed by atoms with van der Waals surface area (Å²) in [6.45, 7) is 1.63. The first-order valence-corrected chi connectivity index (χ1v) is 9.73. The second-order valence-corrected chi connectivity index (χ2v) is 7.73. The summed E-state index contributed by atoms with van der Waals surface area (Å²) in [5.41, 5.74) is 2.05. The first kappa shape index (κ1) is 19.5. The number of carbonyl (C=O) groups is 2. The van der Waals surface area contributed by atoms with E-state index in [2.05, 4.69) is 10.0 Å². The highest BCUT2D eigenvalue weighted by molar-refractivity contribution is 7.92. The van der Waals surface area contributed by atoms with Crippen LogP contribution in [0.4, 0.5) is 11.4 Å². The molecule has 2 aromatic carbocycles. The highest BCUT2D eigenvalue weighted by Crippen LogP contribution is 2.21. The topological polar surface area (TPSA) is 95.6 Å². The molecule has 0 aromatic heterocycles. The van der Waals surface area contributed by atoms with Gasteiger partial charge in [-0.2, -0.15) is 0 Å². The van der Waals surface area contributed by atoms with E-state index < -0.39 is 10.0 Å². The van der Waals surface area contributed by atoms with Gasteiger partial charge >= 0.3 is 0 Å². The number of hydrogen-bond donors (Lipinski definition) is 2. The molecule has 0 bridgehead atoms. The van der Waals surface area contributed by atoms with Crippen LogP contribution in [-0.4, -0.2) is 45.0 Å². The van der Waals surface area contributed by atoms with Crippen LogP contribution in [0.3, 0.4) is 0 Å². The fourth-order valence-electron chi connectivity index (χ4n) is 2.30. The van der Waals surface area contributed by atoms with Crippen molar-refractivity contribution in [2.75, 3.05) is 29.9 Å². The van der Waals surface area contributed by atoms with Crippen molar-refractivity contribution in [2.45, 2.75) is 6.92 Å². The molecule has 8 heteroatoms. The van der Waals surface area contributed by atoms with Crippen LogP contribution < -0.4 is 10.0 Å². The van der Waals surface area contributed by atoms with E-state index in [1.54, 1.807) is 50.4 Å². The lowest BCUT2D eigenvalue weighted by Gasteiger charge is -2.17. The van der Waals surface area contributed by atoms with Crippen molar-refractivity contribution in [1.82, 2.24) is 4.90 Å². The van der Waals surface area contributed by atoms with Crippen LogP contribution in [0.1, 0.15) is 15.9 Å². The number of likely N-dealkylation sites (N-methyl/N-ethyl adjacent to an activating group) is 1. The molecule has 0 fully saturated rings. The van der Waals surface area contributed by atoms with Gasteiger partial charge in [0.15, 0.2) is 0 Å². The molecule has 2 N–H and O–H groups in total. The second kappa shape index (κ2) is 8.01. The molecule has 2 rings (SSSR count). The maximum atomic E-state index is 12.3. The standard InChI is InChI=1S/C18H21N3O4S/c1-13-9-10-15(11-16(13)20-26(3,24)25)19-17(22)12-21(2)18(23)14-7-5-4-6-8-14/h4-11,20H,12H2,1-3H3,(H,19,22). The molecular formula is C18H21N3O4S. The average Bonchev–Trinajstić information content (AvgIpc) is 2.56. The van der Waals surface area contributed by atoms with Crippen LogP contribution in [0.2, 0.25) is 0 Å². The van der Waals surface area contributed by atoms with Crippen molar-refractivity contribution in [3.63, 3.8) is 0 Å². The zero-order chi connectivity index (χ0) is 19.3. The fraction of sp³-hybridized carbons (Fsp3) is 0.222. The average molecular weight is 375 g/mol. The third kappa shape index (κ3) is 5.59. The molecule has 26 heavy (non-hydrogen) atoms. The Morgan fingerprint density at radius 3 is 2.35 bits per heavy atom. The highest BCUT2D eigenvalue weighted by Gasteiger charge is 2.15. The van der Waals surface area contributed by atoms with Gasteiger partial charge in [0.25, 0.3) is 5.91 Å². The Bertz CT molecular complexity index is 911. The van der Waals surface area contributed by atoms with Crippen LogP contribution in [-0.2, 0) is 14.8 Å². The van der Waals surface area contributed by atoms with Gasteiger partial charge in [0, 0.05) is 18.3 Å². The van der Waals surface area contributed by atoms with Gasteiger partial charge in [-0.05, 0) is 36.8 Å². The predicted octanol–water partition coefficient (Wildman–Crippen LogP) is 2.08. The molecule has 0 saturated heterocycles. The summed E-state index contributed by atoms with van der Waals surface area (Å²) in [5.74, 6) is -0.643. The summed E-state index contributed by atoms with van der Waals surface area (Å²) < 4.78 is 25.2. The largest absolute Gasteiger partial charge is 0.332 e. The van der Waals surface area contributed by atoms with Crippen LogP contribution in [0.25, 0.3) is 0 Å². The van der Waals surface area contributed by atoms with E-state index in [-0.39, 0.29) is 18.4 Å². The number of aryl methyl sites for hydroxylation is 1. The van der Waals surface area contributed by atoms with E-state index in [0.29, 0.717) is 16.9 Å². The van der Waals surface area contributed by atoms with Gasteiger partial charge in [-0.25, -0.2) is 8.42 Å². The van der Waals surface area contributed by atoms with Gasteiger partial charge in [-0.15, -0.1) is 0 Å². The summed E-state index contributed by atoms with van der Waals surface area (Å²) >= 11 is 0. The SMILES string of the molecule is Cc1ccc(NC(=O)CN(C)C(=O)c2ccccc2)cc1NS(C)(=O)=O. The van der Waals surface area contributed by atoms with Gasteiger partial charge in [-0.3, -0.25) is 14.3 Å². The third-order valence-electron chi connectivity index (χ3n) is 3.56. The molecule has 2 amide bonds. The van der Waals surface area contributed by atoms with Crippen molar-refractivity contribution in [3.05, 3.63) is 59.7 Å². The van der Waals surface area contributed by atoms with Crippen LogP contribution >= 0.6 is 0 Å². The van der Waals surface area contributed by atoms with Gasteiger partial charge in [0.2, 0.25) is 15.9 Å². The molecule has 2 aromatic rings. The molecule has 0 atom stereocenters. The Hall–Kier alpha value is -2.87. The summed E-state index contributed by atoms with van der Waals surface area (Å²) in [5, 5.41) is 2.66. The van der Waals surface area contributed by atoms with E-state index in [9.17, 15) is 18.0 Å². The zero-order valence-corrected chi connectivity index (χ0v) is 15.6. The quantitative estimate of drug-likeness (QED) is 0.808. The normalized spacial score (nSPS) is 10.9. The van der Waals surface area contributed by atoms with E-state index in [1.807, 2.05) is 6.07 Å². The smallest absolute Gasteiger partial charge is 0.254 e. The Morgan fingerprint density at radius 1 is 1.08 bits per heavy atom. The zero-order valence-electron chi connectivity index (χ0n) is 14.8. The number of sulfonamides is 1. The summed E-state index contributed by atoms with van der Waals surface area (Å²) in [6, 6.07) is 13.6. The van der Waals surface area contributed by atoms with Crippen LogP contribution in [0, 0.1) is 6.92 Å². The van der Waals surface area contributed by atoms with Gasteiger partial charge < -0.3 is 10.2 Å². The maximum Gasteiger partial charge on any atom is 0.254 e. The Morgan fingerprint density at radius 2 is 1.73 bits per heavy atom. The first-order valence-electron chi connectivity index (χ1n) is 7.84. The molecule has 0 unspecified atom stereocenters. The van der Waals surface area contributed by atoms with Gasteiger partial charge in [0.05, 0.1) is 18.5 Å². The van der Waals surface area contributed by atoms with Crippen molar-refractivity contribution in [3.8, 4) is 0 Å². The predicted molar refractivity (Wildman–Crippen MR) is 102 cm³/mol. The molecular weight excluding hydrogens is 354 g/mol. The number of amides is 2. The summed E-state index contributed by atoms with van der Waals surface area (Å²) in [4.78, 5) is 25.8. The van der Waals surface area contributed by atoms with E-state index in [1.165, 1.54) is 11.0 Å². The van der Waals surface area contributed by atoms with Gasteiger partial charge in [0.1, 0.15) is 0 Å². The minimum atomic E-state index is -3.42. The van der Waals surface area contributed by atoms with Crippen molar-refractivity contribution in [1.29, 1.82) is 0 Å². The first-order chi connectivity index (χ1) is 12.2. The minimum Gasteiger partial charge on any atom is -0.332 e. The third-order valence-corrected chi connectivity index (χ3v) is 4.16. The molecule has 0 aliphatic carbocycles. The van der Waals surface area contributed by atoms with Crippen LogP contribution in [0.5, 0.6) is 0 Å². The number of carbonyl (C=O) groups excluding carboxylic acids is 2. The molecule has 7 nitrogen and oxygen atoms in total. The molecule has 0 aliphatic heterocycles. The Kier molecular flexibility index (Phi) is 5.99. The van der Waals surface area contributed by atoms with Gasteiger partial charge in [-0.1, -0.05) is 24.3 Å². The lowest BCUT2D eigenvalue weighted by molar-refractivity contribution is -0.116. The second-order valence-electron chi connectivity index (χ2n) is 5.98. The highest BCUT2D eigenvalue weighted by atomic mass is 32.2. The molecule has 0 saturated carbocycles. The van der Waals surface area contributed by atoms with Crippen molar-refractivity contribution in [2.24, 2.45) is 0 Å². The number of anilines is 2. The summed E-state index contributed by atoms with van der Waals surface area (Å²) in [7, 11) is -1.88. The van der Waals surface area contributed by atoms with E-state index in [0.717, 1.165) is 11.8 Å². The number of hydrogen-bond acceptors (Lipinski definition) is 4. The molecule has 0 radical (unpaired) electrons. The number of nitrogens with zero attached hydrogens (tertiary/aromatic N) is 1. The minimum absolute atomic E-state index is 0.129.